The molecular weight excluding hydrogens is 216 g/mol. The number of hydrogen-bond acceptors (Lipinski definition) is 3. The highest BCUT2D eigenvalue weighted by Crippen LogP contribution is 2.21. The normalized spacial score (nSPS) is 21.9. The van der Waals surface area contributed by atoms with Crippen LogP contribution in [0.3, 0.4) is 0 Å². The summed E-state index contributed by atoms with van der Waals surface area (Å²) in [5.74, 6) is -0.0975. The molecule has 1 aliphatic heterocycles. The Hall–Kier alpha value is -1.50. The maximum absolute atomic E-state index is 10.5. The van der Waals surface area contributed by atoms with Crippen LogP contribution in [0.15, 0.2) is 0 Å². The van der Waals surface area contributed by atoms with E-state index in [0.717, 1.165) is 0 Å². The summed E-state index contributed by atoms with van der Waals surface area (Å²) < 4.78 is 5.05. The molecule has 0 bridgehead atoms. The maximum atomic E-state index is 10.5. The first kappa shape index (κ1) is 12.6. The lowest BCUT2D eigenvalue weighted by Gasteiger charge is -2.22. The largest absolute Gasteiger partial charge is 0.465 e. The van der Waals surface area contributed by atoms with Gasteiger partial charge in [-0.1, -0.05) is 0 Å². The molecule has 1 heterocycles. The predicted octanol–water partition coefficient (Wildman–Crippen LogP) is 0.315. The van der Waals surface area contributed by atoms with Gasteiger partial charge in [0, 0.05) is 12.6 Å². The minimum absolute atomic E-state index is 0.0975. The van der Waals surface area contributed by atoms with Crippen molar-refractivity contribution < 1.29 is 24.5 Å². The van der Waals surface area contributed by atoms with Gasteiger partial charge in [0.05, 0.1) is 12.7 Å². The van der Waals surface area contributed by atoms with Crippen molar-refractivity contribution in [2.45, 2.75) is 25.5 Å². The zero-order valence-corrected chi connectivity index (χ0v) is 8.97. The van der Waals surface area contributed by atoms with E-state index in [1.165, 1.54) is 0 Å². The molecule has 0 spiro atoms. The maximum Gasteiger partial charge on any atom is 0.404 e. The second-order valence-electron chi connectivity index (χ2n) is 3.88. The van der Waals surface area contributed by atoms with Gasteiger partial charge in [-0.15, -0.1) is 0 Å². The van der Waals surface area contributed by atoms with Crippen LogP contribution in [0.25, 0.3) is 0 Å². The summed E-state index contributed by atoms with van der Waals surface area (Å²) >= 11 is 0. The van der Waals surface area contributed by atoms with Crippen LogP contribution in [0.5, 0.6) is 0 Å². The predicted molar refractivity (Wildman–Crippen MR) is 54.5 cm³/mol. The van der Waals surface area contributed by atoms with Crippen molar-refractivity contribution in [1.82, 2.24) is 10.6 Å². The van der Waals surface area contributed by atoms with Crippen molar-refractivity contribution in [2.75, 3.05) is 13.2 Å². The average molecular weight is 232 g/mol. The average Bonchev–Trinajstić information content (AvgIpc) is 2.94. The zero-order valence-electron chi connectivity index (χ0n) is 8.97. The first-order valence-corrected chi connectivity index (χ1v) is 5.07. The number of nitrogens with one attached hydrogen (secondary N) is 2. The van der Waals surface area contributed by atoms with E-state index in [1.54, 1.807) is 6.92 Å². The van der Waals surface area contributed by atoms with E-state index in [-0.39, 0.29) is 24.6 Å². The smallest absolute Gasteiger partial charge is 0.404 e. The lowest BCUT2D eigenvalue weighted by Crippen LogP contribution is -2.43. The minimum atomic E-state index is -1.11. The second-order valence-corrected chi connectivity index (χ2v) is 3.88. The molecule has 4 N–H and O–H groups in total. The van der Waals surface area contributed by atoms with Gasteiger partial charge in [0.25, 0.3) is 0 Å². The van der Waals surface area contributed by atoms with E-state index in [0.29, 0.717) is 13.0 Å². The third kappa shape index (κ3) is 4.83. The van der Waals surface area contributed by atoms with Gasteiger partial charge in [0.1, 0.15) is 0 Å². The summed E-state index contributed by atoms with van der Waals surface area (Å²) in [6.07, 6.45) is -1.42. The van der Waals surface area contributed by atoms with E-state index < -0.39 is 12.2 Å². The van der Waals surface area contributed by atoms with E-state index in [1.807, 2.05) is 0 Å². The number of epoxide rings is 1. The first-order chi connectivity index (χ1) is 7.49. The van der Waals surface area contributed by atoms with Crippen molar-refractivity contribution in [3.05, 3.63) is 0 Å². The fraction of sp³-hybridized carbons (Fsp3) is 0.778. The fourth-order valence-electron chi connectivity index (χ4n) is 1.54. The van der Waals surface area contributed by atoms with E-state index in [9.17, 15) is 9.59 Å². The molecule has 0 aliphatic carbocycles. The molecule has 16 heavy (non-hydrogen) atoms. The van der Waals surface area contributed by atoms with Gasteiger partial charge in [-0.3, -0.25) is 0 Å². The molecule has 7 heteroatoms. The van der Waals surface area contributed by atoms with Crippen LogP contribution in [-0.2, 0) is 4.74 Å². The molecular formula is C9H16N2O5. The standard InChI is InChI=1S/C9H16N2O5/c1-5(11-9(14)15)6(2-7-4-16-7)3-10-8(12)13/h5-7,10-11H,2-4H2,1H3,(H,12,13)(H,14,15). The molecule has 92 valence electrons. The third-order valence-corrected chi connectivity index (χ3v) is 2.54. The highest BCUT2D eigenvalue weighted by molar-refractivity contribution is 5.65. The van der Waals surface area contributed by atoms with Crippen molar-refractivity contribution in [2.24, 2.45) is 5.92 Å². The van der Waals surface area contributed by atoms with Crippen molar-refractivity contribution >= 4 is 12.2 Å². The number of ether oxygens (including phenoxy) is 1. The molecule has 0 aromatic heterocycles. The first-order valence-electron chi connectivity index (χ1n) is 5.07. The van der Waals surface area contributed by atoms with E-state index in [4.69, 9.17) is 14.9 Å². The molecule has 3 atom stereocenters. The molecule has 1 rings (SSSR count). The fourth-order valence-corrected chi connectivity index (χ4v) is 1.54. The molecule has 3 unspecified atom stereocenters. The van der Waals surface area contributed by atoms with Gasteiger partial charge in [-0.05, 0) is 19.3 Å². The Balaban J connectivity index is 2.40. The molecule has 0 saturated carbocycles. The Kier molecular flexibility index (Phi) is 4.36. The van der Waals surface area contributed by atoms with Crippen molar-refractivity contribution in [3.8, 4) is 0 Å². The number of carboxylic acid groups (broad SMARTS) is 2. The molecule has 0 radical (unpaired) electrons. The SMILES string of the molecule is CC(NC(=O)O)C(CNC(=O)O)CC1CO1. The summed E-state index contributed by atoms with van der Waals surface area (Å²) in [5, 5.41) is 21.7. The Morgan fingerprint density at radius 2 is 2.06 bits per heavy atom. The highest BCUT2D eigenvalue weighted by Gasteiger charge is 2.30. The molecule has 7 nitrogen and oxygen atoms in total. The van der Waals surface area contributed by atoms with Gasteiger partial charge in [-0.25, -0.2) is 9.59 Å². The van der Waals surface area contributed by atoms with Crippen LogP contribution in [0, 0.1) is 5.92 Å². The molecule has 0 aromatic carbocycles. The number of rotatable bonds is 6. The summed E-state index contributed by atoms with van der Waals surface area (Å²) in [6, 6.07) is -0.312. The molecule has 2 amide bonds. The van der Waals surface area contributed by atoms with E-state index in [2.05, 4.69) is 10.6 Å². The molecule has 0 aromatic rings. The van der Waals surface area contributed by atoms with Crippen LogP contribution >= 0.6 is 0 Å². The second kappa shape index (κ2) is 5.55. The van der Waals surface area contributed by atoms with Gasteiger partial charge in [-0.2, -0.15) is 0 Å². The zero-order chi connectivity index (χ0) is 12.1. The van der Waals surface area contributed by atoms with Gasteiger partial charge in [0.2, 0.25) is 0 Å². The summed E-state index contributed by atoms with van der Waals surface area (Å²) in [4.78, 5) is 20.8. The Morgan fingerprint density at radius 3 is 2.50 bits per heavy atom. The third-order valence-electron chi connectivity index (χ3n) is 2.54. The van der Waals surface area contributed by atoms with Gasteiger partial charge in [0.15, 0.2) is 0 Å². The molecule has 1 saturated heterocycles. The summed E-state index contributed by atoms with van der Waals surface area (Å²) in [7, 11) is 0. The van der Waals surface area contributed by atoms with Crippen molar-refractivity contribution in [1.29, 1.82) is 0 Å². The number of hydrogen-bond donors (Lipinski definition) is 4. The van der Waals surface area contributed by atoms with Crippen molar-refractivity contribution in [3.63, 3.8) is 0 Å². The lowest BCUT2D eigenvalue weighted by atomic mass is 9.96. The molecule has 1 fully saturated rings. The van der Waals surface area contributed by atoms with Crippen LogP contribution in [0.4, 0.5) is 9.59 Å². The Morgan fingerprint density at radius 1 is 1.44 bits per heavy atom. The minimum Gasteiger partial charge on any atom is -0.465 e. The topological polar surface area (TPSA) is 111 Å². The summed E-state index contributed by atoms with van der Waals surface area (Å²) in [5.41, 5.74) is 0. The van der Waals surface area contributed by atoms with E-state index >= 15 is 0 Å². The number of carbonyl (C=O) groups is 2. The lowest BCUT2D eigenvalue weighted by molar-refractivity contribution is 0.179. The molecule has 1 aliphatic rings. The quantitative estimate of drug-likeness (QED) is 0.493. The van der Waals surface area contributed by atoms with Gasteiger partial charge < -0.3 is 25.6 Å². The highest BCUT2D eigenvalue weighted by atomic mass is 16.6. The summed E-state index contributed by atoms with van der Waals surface area (Å²) in [6.45, 7) is 2.60. The monoisotopic (exact) mass is 232 g/mol. The Labute approximate surface area is 92.8 Å². The Bertz CT molecular complexity index is 267. The number of amides is 2. The van der Waals surface area contributed by atoms with Crippen LogP contribution in [0.1, 0.15) is 13.3 Å². The van der Waals surface area contributed by atoms with Crippen LogP contribution in [-0.4, -0.2) is 47.7 Å². The van der Waals surface area contributed by atoms with Crippen LogP contribution in [0.2, 0.25) is 0 Å². The van der Waals surface area contributed by atoms with Crippen LogP contribution < -0.4 is 10.6 Å². The van der Waals surface area contributed by atoms with Gasteiger partial charge >= 0.3 is 12.2 Å².